The number of rotatable bonds is 7. The fourth-order valence-corrected chi connectivity index (χ4v) is 5.20. The summed E-state index contributed by atoms with van der Waals surface area (Å²) in [5, 5.41) is 21.2. The number of H-pyrrole nitrogens is 1. The van der Waals surface area contributed by atoms with Crippen LogP contribution in [0.1, 0.15) is 24.6 Å². The van der Waals surface area contributed by atoms with Gasteiger partial charge in [0.2, 0.25) is 10.0 Å². The van der Waals surface area contributed by atoms with Gasteiger partial charge in [-0.1, -0.05) is 12.1 Å². The standard InChI is InChI=1S/C21H26N4O4S/c26-14-17(27)13-22-16-5-7-18(8-6-16)30(28,29)25-11-9-15(10-12-25)21-23-19-3-1-2-4-20(19)24-21/h1-8,15,17,22,26-27H,9-14H2,(H,23,24). The number of hydrogen-bond acceptors (Lipinski definition) is 6. The number of anilines is 1. The van der Waals surface area contributed by atoms with Crippen LogP contribution in [0.25, 0.3) is 11.0 Å². The molecular weight excluding hydrogens is 404 g/mol. The van der Waals surface area contributed by atoms with E-state index in [4.69, 9.17) is 5.11 Å². The molecule has 8 nitrogen and oxygen atoms in total. The fourth-order valence-electron chi connectivity index (χ4n) is 3.73. The largest absolute Gasteiger partial charge is 0.394 e. The molecule has 30 heavy (non-hydrogen) atoms. The third-order valence-corrected chi connectivity index (χ3v) is 7.41. The number of aromatic amines is 1. The summed E-state index contributed by atoms with van der Waals surface area (Å²) in [6.45, 7) is 0.765. The first-order chi connectivity index (χ1) is 14.5. The van der Waals surface area contributed by atoms with Crippen molar-refractivity contribution >= 4 is 26.7 Å². The number of imidazole rings is 1. The van der Waals surface area contributed by atoms with Gasteiger partial charge in [0.25, 0.3) is 0 Å². The zero-order valence-electron chi connectivity index (χ0n) is 16.5. The van der Waals surface area contributed by atoms with Gasteiger partial charge in [-0.3, -0.25) is 0 Å². The van der Waals surface area contributed by atoms with Crippen LogP contribution in [0.4, 0.5) is 5.69 Å². The van der Waals surface area contributed by atoms with Gasteiger partial charge in [0, 0.05) is 31.2 Å². The molecule has 0 spiro atoms. The molecule has 1 atom stereocenters. The van der Waals surface area contributed by atoms with Crippen LogP contribution in [0.5, 0.6) is 0 Å². The Morgan fingerprint density at radius 3 is 2.50 bits per heavy atom. The molecule has 1 saturated heterocycles. The molecule has 9 heteroatoms. The van der Waals surface area contributed by atoms with Gasteiger partial charge < -0.3 is 20.5 Å². The summed E-state index contributed by atoms with van der Waals surface area (Å²) in [6.07, 6.45) is 0.580. The third kappa shape index (κ3) is 4.34. The maximum Gasteiger partial charge on any atom is 0.243 e. The van der Waals surface area contributed by atoms with Gasteiger partial charge in [-0.25, -0.2) is 13.4 Å². The maximum atomic E-state index is 13.0. The summed E-state index contributed by atoms with van der Waals surface area (Å²) in [5.41, 5.74) is 2.62. The van der Waals surface area contributed by atoms with Gasteiger partial charge in [0.05, 0.1) is 28.6 Å². The lowest BCUT2D eigenvalue weighted by molar-refractivity contribution is 0.105. The highest BCUT2D eigenvalue weighted by molar-refractivity contribution is 7.89. The molecule has 0 radical (unpaired) electrons. The molecule has 2 aromatic carbocycles. The number of aliphatic hydroxyl groups excluding tert-OH is 2. The summed E-state index contributed by atoms with van der Waals surface area (Å²) in [5.74, 6) is 1.14. The number of hydrogen-bond donors (Lipinski definition) is 4. The van der Waals surface area contributed by atoms with Gasteiger partial charge in [0.1, 0.15) is 5.82 Å². The van der Waals surface area contributed by atoms with Crippen LogP contribution in [-0.4, -0.2) is 65.2 Å². The molecule has 4 rings (SSSR count). The summed E-state index contributed by atoms with van der Waals surface area (Å²) >= 11 is 0. The lowest BCUT2D eigenvalue weighted by atomic mass is 9.97. The minimum Gasteiger partial charge on any atom is -0.394 e. The molecule has 4 N–H and O–H groups in total. The third-order valence-electron chi connectivity index (χ3n) is 5.49. The predicted molar refractivity (Wildman–Crippen MR) is 115 cm³/mol. The number of nitrogens with zero attached hydrogens (tertiary/aromatic N) is 2. The normalized spacial score (nSPS) is 17.3. The van der Waals surface area contributed by atoms with Crippen molar-refractivity contribution in [2.24, 2.45) is 0 Å². The number of aromatic nitrogens is 2. The molecule has 0 saturated carbocycles. The first-order valence-electron chi connectivity index (χ1n) is 10.0. The first kappa shape index (κ1) is 20.8. The smallest absolute Gasteiger partial charge is 0.243 e. The van der Waals surface area contributed by atoms with Crippen molar-refractivity contribution in [3.63, 3.8) is 0 Å². The Hall–Kier alpha value is -2.46. The van der Waals surface area contributed by atoms with Crippen LogP contribution in [-0.2, 0) is 10.0 Å². The van der Waals surface area contributed by atoms with Crippen LogP contribution in [0, 0.1) is 0 Å². The summed E-state index contributed by atoms with van der Waals surface area (Å²) in [7, 11) is -3.56. The SMILES string of the molecule is O=S(=O)(c1ccc(NCC(O)CO)cc1)N1CCC(c2nc3ccccc3[nH]2)CC1. The Morgan fingerprint density at radius 2 is 1.83 bits per heavy atom. The Balaban J connectivity index is 1.39. The average molecular weight is 431 g/mol. The summed E-state index contributed by atoms with van der Waals surface area (Å²) in [6, 6.07) is 14.3. The van der Waals surface area contributed by atoms with Gasteiger partial charge in [-0.2, -0.15) is 4.31 Å². The molecule has 1 aromatic heterocycles. The number of fused-ring (bicyclic) bond motifs is 1. The summed E-state index contributed by atoms with van der Waals surface area (Å²) in [4.78, 5) is 8.27. The van der Waals surface area contributed by atoms with Gasteiger partial charge in [-0.15, -0.1) is 0 Å². The quantitative estimate of drug-likeness (QED) is 0.455. The molecule has 1 aliphatic heterocycles. The second kappa shape index (κ2) is 8.73. The van der Waals surface area contributed by atoms with Gasteiger partial charge in [-0.05, 0) is 49.2 Å². The zero-order valence-corrected chi connectivity index (χ0v) is 17.3. The number of sulfonamides is 1. The average Bonchev–Trinajstić information content (AvgIpc) is 3.22. The molecule has 1 fully saturated rings. The number of nitrogens with one attached hydrogen (secondary N) is 2. The first-order valence-corrected chi connectivity index (χ1v) is 11.5. The zero-order chi connectivity index (χ0) is 21.1. The van der Waals surface area contributed by atoms with Crippen molar-refractivity contribution in [2.75, 3.05) is 31.6 Å². The molecular formula is C21H26N4O4S. The second-order valence-electron chi connectivity index (χ2n) is 7.56. The Kier molecular flexibility index (Phi) is 6.05. The van der Waals surface area contributed by atoms with E-state index in [9.17, 15) is 13.5 Å². The van der Waals surface area contributed by atoms with Crippen LogP contribution in [0.3, 0.4) is 0 Å². The molecule has 1 aliphatic rings. The van der Waals surface area contributed by atoms with E-state index in [1.54, 1.807) is 24.3 Å². The Bertz CT molecular complexity index is 1060. The van der Waals surface area contributed by atoms with E-state index in [0.29, 0.717) is 18.8 Å². The highest BCUT2D eigenvalue weighted by Gasteiger charge is 2.31. The van der Waals surface area contributed by atoms with Crippen molar-refractivity contribution < 1.29 is 18.6 Å². The molecule has 0 bridgehead atoms. The van der Waals surface area contributed by atoms with Crippen LogP contribution in [0.2, 0.25) is 0 Å². The van der Waals surface area contributed by atoms with Gasteiger partial charge in [0.15, 0.2) is 0 Å². The number of piperidine rings is 1. The lowest BCUT2D eigenvalue weighted by Gasteiger charge is -2.30. The van der Waals surface area contributed by atoms with E-state index in [1.807, 2.05) is 24.3 Å². The van der Waals surface area contributed by atoms with Crippen molar-refractivity contribution in [3.8, 4) is 0 Å². The predicted octanol–water partition coefficient (Wildman–Crippen LogP) is 1.90. The van der Waals surface area contributed by atoms with E-state index in [1.165, 1.54) is 4.31 Å². The van der Waals surface area contributed by atoms with Crippen LogP contribution < -0.4 is 5.32 Å². The van der Waals surface area contributed by atoms with Crippen molar-refractivity contribution in [2.45, 2.75) is 29.8 Å². The molecule has 3 aromatic rings. The van der Waals surface area contributed by atoms with Gasteiger partial charge >= 0.3 is 0 Å². The molecule has 0 amide bonds. The topological polar surface area (TPSA) is 119 Å². The van der Waals surface area contributed by atoms with Crippen LogP contribution in [0.15, 0.2) is 53.4 Å². The fraction of sp³-hybridized carbons (Fsp3) is 0.381. The Morgan fingerprint density at radius 1 is 1.13 bits per heavy atom. The van der Waals surface area contributed by atoms with Crippen LogP contribution >= 0.6 is 0 Å². The highest BCUT2D eigenvalue weighted by Crippen LogP contribution is 2.30. The molecule has 160 valence electrons. The van der Waals surface area contributed by atoms with Crippen molar-refractivity contribution in [1.82, 2.24) is 14.3 Å². The van der Waals surface area contributed by atoms with E-state index in [-0.39, 0.29) is 24.0 Å². The highest BCUT2D eigenvalue weighted by atomic mass is 32.2. The minimum atomic E-state index is -3.56. The maximum absolute atomic E-state index is 13.0. The van der Waals surface area contributed by atoms with Crippen molar-refractivity contribution in [1.29, 1.82) is 0 Å². The second-order valence-corrected chi connectivity index (χ2v) is 9.50. The molecule has 0 aliphatic carbocycles. The number of aliphatic hydroxyl groups is 2. The number of benzene rings is 2. The van der Waals surface area contributed by atoms with E-state index < -0.39 is 16.1 Å². The molecule has 2 heterocycles. The summed E-state index contributed by atoms with van der Waals surface area (Å²) < 4.78 is 27.5. The number of para-hydroxylation sites is 2. The van der Waals surface area contributed by atoms with E-state index in [2.05, 4.69) is 15.3 Å². The Labute approximate surface area is 175 Å². The van der Waals surface area contributed by atoms with Crippen molar-refractivity contribution in [3.05, 3.63) is 54.4 Å². The minimum absolute atomic E-state index is 0.192. The van der Waals surface area contributed by atoms with E-state index >= 15 is 0 Å². The van der Waals surface area contributed by atoms with E-state index in [0.717, 1.165) is 29.7 Å². The lowest BCUT2D eigenvalue weighted by Crippen LogP contribution is -2.38. The monoisotopic (exact) mass is 430 g/mol. The molecule has 1 unspecified atom stereocenters.